The number of nitriles is 1. The molecule has 1 atom stereocenters. The van der Waals surface area contributed by atoms with E-state index in [1.807, 2.05) is 31.2 Å². The van der Waals surface area contributed by atoms with Crippen LogP contribution in [-0.2, 0) is 0 Å². The molecule has 17 heavy (non-hydrogen) atoms. The van der Waals surface area contributed by atoms with Crippen molar-refractivity contribution in [2.45, 2.75) is 13.0 Å². The van der Waals surface area contributed by atoms with Crippen LogP contribution < -0.4 is 0 Å². The van der Waals surface area contributed by atoms with Gasteiger partial charge in [-0.2, -0.15) is 5.26 Å². The van der Waals surface area contributed by atoms with Crippen molar-refractivity contribution in [2.75, 3.05) is 0 Å². The molecule has 0 aromatic heterocycles. The molecule has 0 aliphatic carbocycles. The van der Waals surface area contributed by atoms with Crippen molar-refractivity contribution < 1.29 is 5.11 Å². The highest BCUT2D eigenvalue weighted by Gasteiger charge is 2.09. The first-order chi connectivity index (χ1) is 8.20. The van der Waals surface area contributed by atoms with E-state index in [4.69, 9.17) is 5.26 Å². The average molecular weight is 223 g/mol. The number of benzene rings is 2. The molecule has 0 aliphatic heterocycles. The summed E-state index contributed by atoms with van der Waals surface area (Å²) in [5.74, 6) is 0. The summed E-state index contributed by atoms with van der Waals surface area (Å²) in [6.07, 6.45) is -0.636. The average Bonchev–Trinajstić information content (AvgIpc) is 2.39. The fourth-order valence-corrected chi connectivity index (χ4v) is 1.68. The SMILES string of the molecule is Cc1ccc([C@H](O)c2ccc(C#N)cc2)cc1. The monoisotopic (exact) mass is 223 g/mol. The summed E-state index contributed by atoms with van der Waals surface area (Å²) in [4.78, 5) is 0. The Labute approximate surface area is 101 Å². The Morgan fingerprint density at radius 2 is 1.41 bits per heavy atom. The van der Waals surface area contributed by atoms with Crippen LogP contribution in [0.5, 0.6) is 0 Å². The fraction of sp³-hybridized carbons (Fsp3) is 0.133. The first kappa shape index (κ1) is 11.4. The third-order valence-corrected chi connectivity index (χ3v) is 2.75. The van der Waals surface area contributed by atoms with E-state index in [2.05, 4.69) is 6.07 Å². The van der Waals surface area contributed by atoms with E-state index >= 15 is 0 Å². The number of hydrogen-bond acceptors (Lipinski definition) is 2. The molecule has 2 nitrogen and oxygen atoms in total. The molecule has 1 N–H and O–H groups in total. The molecule has 0 aliphatic rings. The van der Waals surface area contributed by atoms with Crippen molar-refractivity contribution in [3.05, 3.63) is 70.8 Å². The highest BCUT2D eigenvalue weighted by Crippen LogP contribution is 2.22. The lowest BCUT2D eigenvalue weighted by Gasteiger charge is -2.11. The topological polar surface area (TPSA) is 44.0 Å². The largest absolute Gasteiger partial charge is 0.384 e. The summed E-state index contributed by atoms with van der Waals surface area (Å²) in [6, 6.07) is 16.8. The van der Waals surface area contributed by atoms with E-state index < -0.39 is 6.10 Å². The van der Waals surface area contributed by atoms with E-state index in [1.54, 1.807) is 24.3 Å². The van der Waals surface area contributed by atoms with Crippen molar-refractivity contribution in [1.82, 2.24) is 0 Å². The van der Waals surface area contributed by atoms with Crippen molar-refractivity contribution in [3.8, 4) is 6.07 Å². The molecule has 0 radical (unpaired) electrons. The maximum absolute atomic E-state index is 10.2. The quantitative estimate of drug-likeness (QED) is 0.850. The minimum absolute atomic E-state index is 0.602. The van der Waals surface area contributed by atoms with Crippen LogP contribution in [0.4, 0.5) is 0 Å². The van der Waals surface area contributed by atoms with Gasteiger partial charge in [0.1, 0.15) is 6.10 Å². The standard InChI is InChI=1S/C15H13NO/c1-11-2-6-13(7-3-11)15(17)14-8-4-12(10-16)5-9-14/h2-9,15,17H,1H3/t15-/m0/s1. The van der Waals surface area contributed by atoms with Gasteiger partial charge in [-0.25, -0.2) is 0 Å². The minimum Gasteiger partial charge on any atom is -0.384 e. The van der Waals surface area contributed by atoms with Crippen LogP contribution in [0.2, 0.25) is 0 Å². The number of aryl methyl sites for hydroxylation is 1. The first-order valence-electron chi connectivity index (χ1n) is 5.45. The van der Waals surface area contributed by atoms with E-state index in [1.165, 1.54) is 5.56 Å². The van der Waals surface area contributed by atoms with Gasteiger partial charge < -0.3 is 5.11 Å². The van der Waals surface area contributed by atoms with Gasteiger partial charge in [0.15, 0.2) is 0 Å². The Morgan fingerprint density at radius 1 is 0.941 bits per heavy atom. The summed E-state index contributed by atoms with van der Waals surface area (Å²) in [6.45, 7) is 2.01. The number of hydrogen-bond donors (Lipinski definition) is 1. The van der Waals surface area contributed by atoms with Crippen molar-refractivity contribution in [2.24, 2.45) is 0 Å². The molecule has 2 rings (SSSR count). The zero-order valence-electron chi connectivity index (χ0n) is 9.59. The van der Waals surface area contributed by atoms with Gasteiger partial charge >= 0.3 is 0 Å². The van der Waals surface area contributed by atoms with E-state index in [9.17, 15) is 5.11 Å². The molecule has 0 fully saturated rings. The van der Waals surface area contributed by atoms with Crippen LogP contribution in [0.15, 0.2) is 48.5 Å². The predicted octanol–water partition coefficient (Wildman–Crippen LogP) is 2.95. The molecule has 2 heteroatoms. The maximum atomic E-state index is 10.2. The van der Waals surface area contributed by atoms with Gasteiger partial charge in [-0.1, -0.05) is 42.0 Å². The predicted molar refractivity (Wildman–Crippen MR) is 66.4 cm³/mol. The van der Waals surface area contributed by atoms with Crippen LogP contribution in [0.1, 0.15) is 28.4 Å². The maximum Gasteiger partial charge on any atom is 0.104 e. The first-order valence-corrected chi connectivity index (χ1v) is 5.45. The smallest absolute Gasteiger partial charge is 0.104 e. The molecule has 2 aromatic carbocycles. The minimum atomic E-state index is -0.636. The van der Waals surface area contributed by atoms with E-state index in [0.717, 1.165) is 11.1 Å². The van der Waals surface area contributed by atoms with Crippen LogP contribution in [0, 0.1) is 18.3 Å². The van der Waals surface area contributed by atoms with Gasteiger partial charge in [0.25, 0.3) is 0 Å². The Hall–Kier alpha value is -2.11. The zero-order valence-corrected chi connectivity index (χ0v) is 9.59. The zero-order chi connectivity index (χ0) is 12.3. The van der Waals surface area contributed by atoms with E-state index in [-0.39, 0.29) is 0 Å². The highest BCUT2D eigenvalue weighted by atomic mass is 16.3. The second-order valence-corrected chi connectivity index (χ2v) is 4.05. The molecule has 0 saturated heterocycles. The lowest BCUT2D eigenvalue weighted by molar-refractivity contribution is 0.220. The third kappa shape index (κ3) is 2.52. The summed E-state index contributed by atoms with van der Waals surface area (Å²) in [7, 11) is 0. The summed E-state index contributed by atoms with van der Waals surface area (Å²) >= 11 is 0. The normalized spacial score (nSPS) is 11.8. The number of aliphatic hydroxyl groups excluding tert-OH is 1. The molecule has 84 valence electrons. The van der Waals surface area contributed by atoms with Crippen LogP contribution in [0.3, 0.4) is 0 Å². The van der Waals surface area contributed by atoms with Crippen LogP contribution >= 0.6 is 0 Å². The van der Waals surface area contributed by atoms with Crippen molar-refractivity contribution >= 4 is 0 Å². The van der Waals surface area contributed by atoms with Crippen molar-refractivity contribution in [1.29, 1.82) is 5.26 Å². The summed E-state index contributed by atoms with van der Waals surface area (Å²) in [5, 5.41) is 18.9. The second kappa shape index (κ2) is 4.82. The molecule has 0 spiro atoms. The van der Waals surface area contributed by atoms with E-state index in [0.29, 0.717) is 5.56 Å². The Morgan fingerprint density at radius 3 is 1.88 bits per heavy atom. The Balaban J connectivity index is 2.27. The molecule has 0 amide bonds. The molecule has 0 heterocycles. The highest BCUT2D eigenvalue weighted by molar-refractivity contribution is 5.36. The number of aliphatic hydroxyl groups is 1. The van der Waals surface area contributed by atoms with Gasteiger partial charge in [0, 0.05) is 0 Å². The number of rotatable bonds is 2. The lowest BCUT2D eigenvalue weighted by Crippen LogP contribution is -1.99. The molecular formula is C15H13NO. The lowest BCUT2D eigenvalue weighted by atomic mass is 10.00. The van der Waals surface area contributed by atoms with Crippen molar-refractivity contribution in [3.63, 3.8) is 0 Å². The molecule has 2 aromatic rings. The number of nitrogens with zero attached hydrogens (tertiary/aromatic N) is 1. The van der Waals surface area contributed by atoms with Gasteiger partial charge in [-0.15, -0.1) is 0 Å². The molecule has 0 saturated carbocycles. The molecular weight excluding hydrogens is 210 g/mol. The summed E-state index contributed by atoms with van der Waals surface area (Å²) < 4.78 is 0. The van der Waals surface area contributed by atoms with Gasteiger partial charge in [-0.05, 0) is 30.2 Å². The second-order valence-electron chi connectivity index (χ2n) is 4.05. The Kier molecular flexibility index (Phi) is 3.22. The molecule has 0 unspecified atom stereocenters. The van der Waals surface area contributed by atoms with Gasteiger partial charge in [-0.3, -0.25) is 0 Å². The Bertz CT molecular complexity index is 535. The third-order valence-electron chi connectivity index (χ3n) is 2.75. The summed E-state index contributed by atoms with van der Waals surface area (Å²) in [5.41, 5.74) is 3.43. The fourth-order valence-electron chi connectivity index (χ4n) is 1.68. The van der Waals surface area contributed by atoms with Crippen LogP contribution in [0.25, 0.3) is 0 Å². The molecule has 0 bridgehead atoms. The van der Waals surface area contributed by atoms with Gasteiger partial charge in [0.05, 0.1) is 11.6 Å². The van der Waals surface area contributed by atoms with Crippen LogP contribution in [-0.4, -0.2) is 5.11 Å². The van der Waals surface area contributed by atoms with Gasteiger partial charge in [0.2, 0.25) is 0 Å².